The molecule has 0 saturated carbocycles. The monoisotopic (exact) mass is 276 g/mol. The summed E-state index contributed by atoms with van der Waals surface area (Å²) in [5, 5.41) is 6.15. The molecule has 0 spiro atoms. The number of hydrogen-bond donors (Lipinski definition) is 1. The van der Waals surface area contributed by atoms with Crippen LogP contribution in [0.1, 0.15) is 39.8 Å². The maximum Gasteiger partial charge on any atom is 0.190 e. The van der Waals surface area contributed by atoms with Crippen LogP contribution >= 0.6 is 11.3 Å². The van der Waals surface area contributed by atoms with Gasteiger partial charge in [0.15, 0.2) is 10.8 Å². The maximum atomic E-state index is 4.65. The molecule has 2 aromatic rings. The lowest BCUT2D eigenvalue weighted by molar-refractivity contribution is 0.568. The smallest absolute Gasteiger partial charge is 0.190 e. The van der Waals surface area contributed by atoms with Gasteiger partial charge in [-0.3, -0.25) is 0 Å². The zero-order chi connectivity index (χ0) is 13.9. The summed E-state index contributed by atoms with van der Waals surface area (Å²) in [7, 11) is 0. The van der Waals surface area contributed by atoms with Crippen molar-refractivity contribution in [3.05, 3.63) is 23.3 Å². The Kier molecular flexibility index (Phi) is 4.14. The SMILES string of the molecule is CCCNc1cc(C(C)(C)C)nc(-c2nccs2)n1. The summed E-state index contributed by atoms with van der Waals surface area (Å²) in [5.74, 6) is 1.59. The van der Waals surface area contributed by atoms with Gasteiger partial charge < -0.3 is 5.32 Å². The van der Waals surface area contributed by atoms with E-state index in [1.165, 1.54) is 0 Å². The van der Waals surface area contributed by atoms with Crippen molar-refractivity contribution in [1.29, 1.82) is 0 Å². The average molecular weight is 276 g/mol. The van der Waals surface area contributed by atoms with Crippen LogP contribution in [0.5, 0.6) is 0 Å². The van der Waals surface area contributed by atoms with E-state index in [9.17, 15) is 0 Å². The third kappa shape index (κ3) is 3.50. The van der Waals surface area contributed by atoms with E-state index in [0.717, 1.165) is 29.5 Å². The fraction of sp³-hybridized carbons (Fsp3) is 0.500. The Balaban J connectivity index is 2.43. The predicted octanol–water partition coefficient (Wildman–Crippen LogP) is 3.72. The highest BCUT2D eigenvalue weighted by Gasteiger charge is 2.19. The minimum atomic E-state index is -0.00239. The van der Waals surface area contributed by atoms with Gasteiger partial charge in [-0.1, -0.05) is 27.7 Å². The molecule has 0 aliphatic rings. The van der Waals surface area contributed by atoms with E-state index in [2.05, 4.69) is 48.0 Å². The zero-order valence-corrected chi connectivity index (χ0v) is 12.7. The van der Waals surface area contributed by atoms with Crippen LogP contribution in [-0.2, 0) is 5.41 Å². The normalized spacial score (nSPS) is 11.6. The van der Waals surface area contributed by atoms with Crippen molar-refractivity contribution in [3.8, 4) is 10.8 Å². The van der Waals surface area contributed by atoms with Gasteiger partial charge in [-0.05, 0) is 6.42 Å². The second-order valence-corrected chi connectivity index (χ2v) is 6.37. The van der Waals surface area contributed by atoms with Gasteiger partial charge in [0.05, 0.1) is 5.69 Å². The fourth-order valence-corrected chi connectivity index (χ4v) is 2.17. The van der Waals surface area contributed by atoms with Crippen LogP contribution in [0.15, 0.2) is 17.6 Å². The van der Waals surface area contributed by atoms with Crippen LogP contribution in [0.25, 0.3) is 10.8 Å². The molecule has 0 bridgehead atoms. The number of anilines is 1. The van der Waals surface area contributed by atoms with Crippen LogP contribution < -0.4 is 5.32 Å². The van der Waals surface area contributed by atoms with Gasteiger partial charge in [0.25, 0.3) is 0 Å². The molecule has 0 aliphatic carbocycles. The predicted molar refractivity (Wildman–Crippen MR) is 80.6 cm³/mol. The molecule has 19 heavy (non-hydrogen) atoms. The highest BCUT2D eigenvalue weighted by Crippen LogP contribution is 2.26. The largest absolute Gasteiger partial charge is 0.370 e. The molecule has 0 saturated heterocycles. The third-order valence-electron chi connectivity index (χ3n) is 2.67. The fourth-order valence-electron chi connectivity index (χ4n) is 1.60. The molecule has 0 fully saturated rings. The van der Waals surface area contributed by atoms with Crippen LogP contribution in [0.3, 0.4) is 0 Å². The molecule has 1 N–H and O–H groups in total. The Morgan fingerprint density at radius 3 is 2.63 bits per heavy atom. The van der Waals surface area contributed by atoms with Gasteiger partial charge in [0, 0.05) is 29.6 Å². The van der Waals surface area contributed by atoms with E-state index in [4.69, 9.17) is 0 Å². The molecule has 2 aromatic heterocycles. The Morgan fingerprint density at radius 1 is 1.26 bits per heavy atom. The lowest BCUT2D eigenvalue weighted by atomic mass is 9.92. The number of hydrogen-bond acceptors (Lipinski definition) is 5. The molecule has 0 atom stereocenters. The zero-order valence-electron chi connectivity index (χ0n) is 11.9. The highest BCUT2D eigenvalue weighted by atomic mass is 32.1. The van der Waals surface area contributed by atoms with E-state index in [-0.39, 0.29) is 5.41 Å². The molecule has 2 heterocycles. The minimum Gasteiger partial charge on any atom is -0.370 e. The van der Waals surface area contributed by atoms with Crippen molar-refractivity contribution >= 4 is 17.2 Å². The Labute approximate surface area is 118 Å². The van der Waals surface area contributed by atoms with Gasteiger partial charge >= 0.3 is 0 Å². The molecule has 0 aliphatic heterocycles. The first-order valence-electron chi connectivity index (χ1n) is 6.54. The Morgan fingerprint density at radius 2 is 2.05 bits per heavy atom. The molecule has 5 heteroatoms. The minimum absolute atomic E-state index is 0.00239. The number of rotatable bonds is 4. The number of nitrogens with one attached hydrogen (secondary N) is 1. The quantitative estimate of drug-likeness (QED) is 0.924. The first-order valence-corrected chi connectivity index (χ1v) is 7.42. The number of thiazole rings is 1. The average Bonchev–Trinajstić information content (AvgIpc) is 2.89. The Hall–Kier alpha value is -1.49. The van der Waals surface area contributed by atoms with Gasteiger partial charge in [0.2, 0.25) is 0 Å². The molecule has 0 unspecified atom stereocenters. The van der Waals surface area contributed by atoms with Crippen molar-refractivity contribution in [2.45, 2.75) is 39.5 Å². The van der Waals surface area contributed by atoms with Gasteiger partial charge in [-0.25, -0.2) is 15.0 Å². The molecular formula is C14H20N4S. The molecule has 0 amide bonds. The van der Waals surface area contributed by atoms with Gasteiger partial charge in [-0.2, -0.15) is 0 Å². The summed E-state index contributed by atoms with van der Waals surface area (Å²) >= 11 is 1.56. The van der Waals surface area contributed by atoms with E-state index in [1.807, 2.05) is 11.4 Å². The third-order valence-corrected chi connectivity index (χ3v) is 3.44. The molecule has 4 nitrogen and oxygen atoms in total. The van der Waals surface area contributed by atoms with Crippen LogP contribution in [0.2, 0.25) is 0 Å². The molecular weight excluding hydrogens is 256 g/mol. The Bertz CT molecular complexity index is 529. The summed E-state index contributed by atoms with van der Waals surface area (Å²) in [6.07, 6.45) is 2.85. The molecule has 0 radical (unpaired) electrons. The second-order valence-electron chi connectivity index (χ2n) is 5.48. The lowest BCUT2D eigenvalue weighted by Crippen LogP contribution is -2.16. The van der Waals surface area contributed by atoms with Crippen LogP contribution in [-0.4, -0.2) is 21.5 Å². The van der Waals surface area contributed by atoms with E-state index in [0.29, 0.717) is 5.82 Å². The van der Waals surface area contributed by atoms with Crippen molar-refractivity contribution in [2.24, 2.45) is 0 Å². The van der Waals surface area contributed by atoms with Gasteiger partial charge in [-0.15, -0.1) is 11.3 Å². The summed E-state index contributed by atoms with van der Waals surface area (Å²) in [4.78, 5) is 13.5. The molecule has 0 aromatic carbocycles. The maximum absolute atomic E-state index is 4.65. The van der Waals surface area contributed by atoms with E-state index < -0.39 is 0 Å². The van der Waals surface area contributed by atoms with E-state index in [1.54, 1.807) is 17.5 Å². The van der Waals surface area contributed by atoms with Gasteiger partial charge in [0.1, 0.15) is 5.82 Å². The van der Waals surface area contributed by atoms with Crippen molar-refractivity contribution in [2.75, 3.05) is 11.9 Å². The van der Waals surface area contributed by atoms with Crippen molar-refractivity contribution in [1.82, 2.24) is 15.0 Å². The summed E-state index contributed by atoms with van der Waals surface area (Å²) < 4.78 is 0. The van der Waals surface area contributed by atoms with Crippen molar-refractivity contribution < 1.29 is 0 Å². The lowest BCUT2D eigenvalue weighted by Gasteiger charge is -2.19. The van der Waals surface area contributed by atoms with Crippen LogP contribution in [0.4, 0.5) is 5.82 Å². The summed E-state index contributed by atoms with van der Waals surface area (Å²) in [6, 6.07) is 2.03. The number of nitrogens with zero attached hydrogens (tertiary/aromatic N) is 3. The first-order chi connectivity index (χ1) is 9.00. The van der Waals surface area contributed by atoms with Crippen LogP contribution in [0, 0.1) is 0 Å². The molecule has 102 valence electrons. The summed E-state index contributed by atoms with van der Waals surface area (Å²) in [6.45, 7) is 9.53. The molecule has 2 rings (SSSR count). The second kappa shape index (κ2) is 5.65. The topological polar surface area (TPSA) is 50.7 Å². The number of aromatic nitrogens is 3. The van der Waals surface area contributed by atoms with Crippen molar-refractivity contribution in [3.63, 3.8) is 0 Å². The first kappa shape index (κ1) is 13.9. The standard InChI is InChI=1S/C14H20N4S/c1-5-6-15-11-9-10(14(2,3)4)17-12(18-11)13-16-7-8-19-13/h7-9H,5-6H2,1-4H3,(H,15,17,18). The van der Waals surface area contributed by atoms with E-state index >= 15 is 0 Å². The highest BCUT2D eigenvalue weighted by molar-refractivity contribution is 7.13. The summed E-state index contributed by atoms with van der Waals surface area (Å²) in [5.41, 5.74) is 1.03.